The summed E-state index contributed by atoms with van der Waals surface area (Å²) in [5.74, 6) is 0. The fraction of sp³-hybridized carbons (Fsp3) is 1.00. The summed E-state index contributed by atoms with van der Waals surface area (Å²) in [5.41, 5.74) is -1.08. The highest BCUT2D eigenvalue weighted by Gasteiger charge is 2.45. The van der Waals surface area contributed by atoms with Crippen LogP contribution in [0.25, 0.3) is 0 Å². The average molecular weight is 379 g/mol. The molecular weight excluding hydrogens is 349 g/mol. The first-order valence-corrected chi connectivity index (χ1v) is 15.9. The molecule has 134 valence electrons. The van der Waals surface area contributed by atoms with Crippen molar-refractivity contribution < 1.29 is 31.6 Å². The van der Waals surface area contributed by atoms with Crippen LogP contribution >= 0.6 is 0 Å². The zero-order chi connectivity index (χ0) is 18.0. The van der Waals surface area contributed by atoms with Gasteiger partial charge in [0.1, 0.15) is 0 Å². The van der Waals surface area contributed by atoms with Crippen LogP contribution in [0.5, 0.6) is 0 Å². The summed E-state index contributed by atoms with van der Waals surface area (Å²) >= 11 is 0. The van der Waals surface area contributed by atoms with Crippen molar-refractivity contribution in [3.8, 4) is 0 Å². The molecule has 2 N–H and O–H groups in total. The maximum atomic E-state index is 12.6. The lowest BCUT2D eigenvalue weighted by molar-refractivity contribution is -0.131. The summed E-state index contributed by atoms with van der Waals surface area (Å²) in [4.78, 5) is 20.0. The van der Waals surface area contributed by atoms with Gasteiger partial charge in [0.05, 0.1) is 11.5 Å². The van der Waals surface area contributed by atoms with Gasteiger partial charge in [-0.3, -0.25) is 0 Å². The van der Waals surface area contributed by atoms with Gasteiger partial charge in [-0.15, -0.1) is 0 Å². The third-order valence-electron chi connectivity index (χ3n) is 3.67. The minimum Gasteiger partial charge on any atom is -0.430 e. The highest BCUT2D eigenvalue weighted by atomic mass is 28.4. The molecule has 0 bridgehead atoms. The Morgan fingerprint density at radius 2 is 1.36 bits per heavy atom. The molecule has 0 aromatic rings. The summed E-state index contributed by atoms with van der Waals surface area (Å²) < 4.78 is 49.3. The van der Waals surface area contributed by atoms with E-state index < -0.39 is 49.2 Å². The van der Waals surface area contributed by atoms with Crippen molar-refractivity contribution in [2.24, 2.45) is 0 Å². The zero-order valence-electron chi connectivity index (χ0n) is 14.4. The molecule has 4 nitrogen and oxygen atoms in total. The smallest absolute Gasteiger partial charge is 0.388 e. The van der Waals surface area contributed by atoms with Crippen LogP contribution in [0.1, 0.15) is 20.3 Å². The summed E-state index contributed by atoms with van der Waals surface area (Å²) in [5, 5.41) is 0. The van der Waals surface area contributed by atoms with Gasteiger partial charge >= 0.3 is 14.7 Å². The summed E-state index contributed by atoms with van der Waals surface area (Å²) in [7, 11) is -8.44. The molecule has 10 heteroatoms. The lowest BCUT2D eigenvalue weighted by Crippen LogP contribution is -2.57. The first kappa shape index (κ1) is 22.3. The van der Waals surface area contributed by atoms with Gasteiger partial charge in [-0.1, -0.05) is 0 Å². The molecule has 3 atom stereocenters. The lowest BCUT2D eigenvalue weighted by Gasteiger charge is -2.40. The Bertz CT molecular complexity index is 355. The maximum absolute atomic E-state index is 12.6. The molecule has 0 aliphatic heterocycles. The molecule has 0 spiro atoms. The van der Waals surface area contributed by atoms with Crippen molar-refractivity contribution in [3.63, 3.8) is 0 Å². The summed E-state index contributed by atoms with van der Waals surface area (Å²) in [6.45, 7) is 11.5. The second kappa shape index (κ2) is 7.45. The number of rotatable bonds is 8. The van der Waals surface area contributed by atoms with Crippen LogP contribution in [-0.2, 0) is 8.85 Å². The largest absolute Gasteiger partial charge is 0.430 e. The van der Waals surface area contributed by atoms with Gasteiger partial charge in [-0.05, 0) is 52.6 Å². The highest BCUT2D eigenvalue weighted by Crippen LogP contribution is 2.31. The first-order chi connectivity index (χ1) is 9.46. The van der Waals surface area contributed by atoms with Crippen molar-refractivity contribution in [2.45, 2.75) is 76.7 Å². The van der Waals surface area contributed by atoms with E-state index in [2.05, 4.69) is 0 Å². The third kappa shape index (κ3) is 8.79. The number of halogens is 3. The van der Waals surface area contributed by atoms with Crippen LogP contribution in [-0.4, -0.2) is 52.4 Å². The summed E-state index contributed by atoms with van der Waals surface area (Å²) in [6.07, 6.45) is -5.21. The Morgan fingerprint density at radius 3 is 1.68 bits per heavy atom. The SMILES string of the molecule is CC(O[Si](C)(CCC(F)(F)F)C(C)O[Si](C)(C)O)[Si](C)(C)O. The van der Waals surface area contributed by atoms with E-state index in [1.165, 1.54) is 0 Å². The topological polar surface area (TPSA) is 58.9 Å². The Balaban J connectivity index is 5.20. The molecule has 0 radical (unpaired) electrons. The predicted molar refractivity (Wildman–Crippen MR) is 87.6 cm³/mol. The van der Waals surface area contributed by atoms with Crippen LogP contribution in [0.2, 0.25) is 38.8 Å². The molecular formula is C12H29F3O4Si3. The van der Waals surface area contributed by atoms with Crippen LogP contribution in [0.15, 0.2) is 0 Å². The minimum atomic E-state index is -4.26. The molecule has 0 aromatic heterocycles. The molecule has 0 aromatic carbocycles. The van der Waals surface area contributed by atoms with E-state index in [1.54, 1.807) is 46.6 Å². The Kier molecular flexibility index (Phi) is 7.54. The van der Waals surface area contributed by atoms with E-state index in [-0.39, 0.29) is 6.04 Å². The zero-order valence-corrected chi connectivity index (χ0v) is 17.4. The normalized spacial score (nSPS) is 19.6. The van der Waals surface area contributed by atoms with E-state index >= 15 is 0 Å². The molecule has 0 aliphatic rings. The second-order valence-corrected chi connectivity index (χ2v) is 18.5. The maximum Gasteiger partial charge on any atom is 0.388 e. The standard InChI is InChI=1S/C12H29F3O4Si3/c1-10(20(3,4)16)19-22(7,9-8-12(13,14)15)11(2)18-21(5,6)17/h10-11,16-17H,8-9H2,1-7H3. The fourth-order valence-corrected chi connectivity index (χ4v) is 8.85. The number of alkyl halides is 3. The molecule has 0 fully saturated rings. The van der Waals surface area contributed by atoms with E-state index in [4.69, 9.17) is 8.85 Å². The van der Waals surface area contributed by atoms with E-state index in [0.717, 1.165) is 0 Å². The third-order valence-corrected chi connectivity index (χ3v) is 11.2. The van der Waals surface area contributed by atoms with Crippen molar-refractivity contribution in [2.75, 3.05) is 0 Å². The Hall–Kier alpha value is 0.281. The molecule has 0 amide bonds. The van der Waals surface area contributed by atoms with Crippen LogP contribution < -0.4 is 0 Å². The molecule has 22 heavy (non-hydrogen) atoms. The molecule has 0 saturated carbocycles. The lowest BCUT2D eigenvalue weighted by atomic mass is 10.5. The Labute approximate surface area is 134 Å². The molecule has 0 heterocycles. The number of hydrogen-bond donors (Lipinski definition) is 2. The molecule has 0 aliphatic carbocycles. The fourth-order valence-electron chi connectivity index (χ4n) is 1.85. The van der Waals surface area contributed by atoms with Crippen molar-refractivity contribution in [1.29, 1.82) is 0 Å². The summed E-state index contributed by atoms with van der Waals surface area (Å²) in [6, 6.07) is -0.156. The average Bonchev–Trinajstić information content (AvgIpc) is 2.21. The quantitative estimate of drug-likeness (QED) is 0.636. The minimum absolute atomic E-state index is 0.156. The van der Waals surface area contributed by atoms with E-state index in [0.29, 0.717) is 0 Å². The molecule has 0 rings (SSSR count). The molecule has 0 saturated heterocycles. The predicted octanol–water partition coefficient (Wildman–Crippen LogP) is 3.29. The monoisotopic (exact) mass is 378 g/mol. The van der Waals surface area contributed by atoms with Crippen molar-refractivity contribution in [3.05, 3.63) is 0 Å². The van der Waals surface area contributed by atoms with Crippen LogP contribution in [0, 0.1) is 0 Å². The van der Waals surface area contributed by atoms with Crippen molar-refractivity contribution >= 4 is 25.2 Å². The van der Waals surface area contributed by atoms with Crippen LogP contribution in [0.3, 0.4) is 0 Å². The van der Waals surface area contributed by atoms with Gasteiger partial charge in [-0.2, -0.15) is 13.2 Å². The van der Waals surface area contributed by atoms with Gasteiger partial charge in [0.2, 0.25) is 16.6 Å². The van der Waals surface area contributed by atoms with Gasteiger partial charge < -0.3 is 18.4 Å². The van der Waals surface area contributed by atoms with Crippen LogP contribution in [0.4, 0.5) is 13.2 Å². The molecule has 3 unspecified atom stereocenters. The van der Waals surface area contributed by atoms with E-state index in [1.807, 2.05) is 0 Å². The van der Waals surface area contributed by atoms with Gasteiger partial charge in [-0.25, -0.2) is 0 Å². The number of hydrogen-bond acceptors (Lipinski definition) is 4. The van der Waals surface area contributed by atoms with E-state index in [9.17, 15) is 22.8 Å². The highest BCUT2D eigenvalue weighted by molar-refractivity contribution is 6.77. The Morgan fingerprint density at radius 1 is 0.909 bits per heavy atom. The van der Waals surface area contributed by atoms with Gasteiger partial charge in [0.15, 0.2) is 0 Å². The van der Waals surface area contributed by atoms with Gasteiger partial charge in [0, 0.05) is 6.42 Å². The van der Waals surface area contributed by atoms with Gasteiger partial charge in [0.25, 0.3) is 0 Å². The second-order valence-electron chi connectivity index (χ2n) is 7.05. The van der Waals surface area contributed by atoms with Crippen molar-refractivity contribution in [1.82, 2.24) is 0 Å². The first-order valence-electron chi connectivity index (χ1n) is 7.33.